The van der Waals surface area contributed by atoms with Gasteiger partial charge >= 0.3 is 12.6 Å². The van der Waals surface area contributed by atoms with Crippen molar-refractivity contribution in [2.24, 2.45) is 0 Å². The summed E-state index contributed by atoms with van der Waals surface area (Å²) in [5, 5.41) is 6.29. The number of nitrogens with one attached hydrogen (secondary N) is 2. The lowest BCUT2D eigenvalue weighted by atomic mass is 10.1. The van der Waals surface area contributed by atoms with Crippen LogP contribution in [0, 0.1) is 6.92 Å². The third-order valence-corrected chi connectivity index (χ3v) is 8.03. The normalized spacial score (nSPS) is 15.4. The molecule has 2 aliphatic rings. The third kappa shape index (κ3) is 6.42. The fourth-order valence-corrected chi connectivity index (χ4v) is 5.47. The van der Waals surface area contributed by atoms with Gasteiger partial charge in [0, 0.05) is 68.5 Å². The van der Waals surface area contributed by atoms with Gasteiger partial charge in [0.05, 0.1) is 11.9 Å². The minimum atomic E-state index is -2.88. The van der Waals surface area contributed by atoms with E-state index in [0.29, 0.717) is 49.8 Å². The lowest BCUT2D eigenvalue weighted by Gasteiger charge is -2.35. The van der Waals surface area contributed by atoms with Crippen molar-refractivity contribution in [3.63, 3.8) is 0 Å². The number of aryl methyl sites for hydroxylation is 1. The highest BCUT2D eigenvalue weighted by Gasteiger charge is 2.26. The first-order chi connectivity index (χ1) is 21.4. The summed E-state index contributed by atoms with van der Waals surface area (Å²) >= 11 is 0. The maximum Gasteiger partial charge on any atom is 0.387 e. The van der Waals surface area contributed by atoms with E-state index in [1.807, 2.05) is 23.5 Å². The maximum absolute atomic E-state index is 13.3. The second-order valence-electron chi connectivity index (χ2n) is 10.9. The van der Waals surface area contributed by atoms with Crippen molar-refractivity contribution >= 4 is 29.1 Å². The molecule has 0 bridgehead atoms. The molecule has 2 aromatic heterocycles. The van der Waals surface area contributed by atoms with Crippen molar-refractivity contribution < 1.29 is 23.1 Å². The van der Waals surface area contributed by atoms with Gasteiger partial charge in [-0.05, 0) is 74.5 Å². The Morgan fingerprint density at radius 3 is 2.41 bits per heavy atom. The van der Waals surface area contributed by atoms with Crippen LogP contribution in [0.4, 0.5) is 25.1 Å². The molecule has 4 aromatic rings. The molecule has 2 aliphatic heterocycles. The van der Waals surface area contributed by atoms with Gasteiger partial charge in [0.1, 0.15) is 5.75 Å². The first-order valence-corrected chi connectivity index (χ1v) is 14.6. The van der Waals surface area contributed by atoms with Crippen LogP contribution in [0.2, 0.25) is 0 Å². The molecule has 2 N–H and O–H groups in total. The summed E-state index contributed by atoms with van der Waals surface area (Å²) < 4.78 is 31.3. The Morgan fingerprint density at radius 1 is 0.977 bits per heavy atom. The summed E-state index contributed by atoms with van der Waals surface area (Å²) in [7, 11) is 0. The quantitative estimate of drug-likeness (QED) is 0.295. The Bertz CT molecular complexity index is 1630. The van der Waals surface area contributed by atoms with Crippen molar-refractivity contribution in [3.05, 3.63) is 72.2 Å². The minimum Gasteiger partial charge on any atom is -0.435 e. The smallest absolute Gasteiger partial charge is 0.387 e. The molecule has 2 saturated heterocycles. The Hall–Kier alpha value is -4.78. The number of hydrogen-bond acceptors (Lipinski definition) is 7. The number of amides is 3. The van der Waals surface area contributed by atoms with Crippen LogP contribution in [0.3, 0.4) is 0 Å². The van der Waals surface area contributed by atoms with Crippen LogP contribution >= 0.6 is 0 Å². The van der Waals surface area contributed by atoms with Gasteiger partial charge in [-0.15, -0.1) is 0 Å². The zero-order valence-electron chi connectivity index (χ0n) is 24.4. The number of halogens is 2. The molecule has 2 aromatic carbocycles. The van der Waals surface area contributed by atoms with E-state index in [9.17, 15) is 18.4 Å². The third-order valence-electron chi connectivity index (χ3n) is 8.03. The zero-order chi connectivity index (χ0) is 30.6. The number of likely N-dealkylation sites (tertiary alicyclic amines) is 1. The number of carbonyl (C=O) groups excluding carboxylic acids is 2. The van der Waals surface area contributed by atoms with Crippen molar-refractivity contribution in [1.82, 2.24) is 34.4 Å². The maximum atomic E-state index is 13.3. The summed E-state index contributed by atoms with van der Waals surface area (Å²) in [6, 6.07) is 11.8. The lowest BCUT2D eigenvalue weighted by molar-refractivity contribution is -0.0498. The van der Waals surface area contributed by atoms with Gasteiger partial charge in [-0.25, -0.2) is 14.8 Å². The number of benzene rings is 2. The molecule has 2 fully saturated rings. The van der Waals surface area contributed by atoms with Crippen LogP contribution < -0.4 is 15.4 Å². The molecule has 0 aliphatic carbocycles. The van der Waals surface area contributed by atoms with Crippen molar-refractivity contribution in [1.29, 1.82) is 0 Å². The number of ether oxygens (including phenoxy) is 1. The van der Waals surface area contributed by atoms with E-state index in [4.69, 9.17) is 0 Å². The van der Waals surface area contributed by atoms with Crippen molar-refractivity contribution in [2.75, 3.05) is 57.7 Å². The highest BCUT2D eigenvalue weighted by atomic mass is 19.3. The summed E-state index contributed by atoms with van der Waals surface area (Å²) in [5.41, 5.74) is 4.28. The van der Waals surface area contributed by atoms with E-state index >= 15 is 0 Å². The van der Waals surface area contributed by atoms with Crippen LogP contribution in [0.5, 0.6) is 5.75 Å². The fraction of sp³-hybridized carbons (Fsp3) is 0.355. The molecule has 44 heavy (non-hydrogen) atoms. The number of carbonyl (C=O) groups is 2. The first kappa shape index (κ1) is 29.3. The van der Waals surface area contributed by atoms with Gasteiger partial charge in [-0.3, -0.25) is 9.20 Å². The molecule has 4 heterocycles. The number of hydrogen-bond donors (Lipinski definition) is 2. The fourth-order valence-electron chi connectivity index (χ4n) is 5.47. The molecule has 0 radical (unpaired) electrons. The van der Waals surface area contributed by atoms with Crippen molar-refractivity contribution in [2.45, 2.75) is 20.0 Å². The van der Waals surface area contributed by atoms with Crippen LogP contribution in [-0.4, -0.2) is 100.0 Å². The number of imidazole rings is 1. The highest BCUT2D eigenvalue weighted by Crippen LogP contribution is 2.28. The van der Waals surface area contributed by atoms with E-state index in [2.05, 4.69) is 30.2 Å². The molecule has 11 nitrogen and oxygen atoms in total. The number of alkyl halides is 2. The lowest BCUT2D eigenvalue weighted by Crippen LogP contribution is -2.54. The Labute approximate surface area is 253 Å². The molecule has 0 atom stereocenters. The van der Waals surface area contributed by atoms with E-state index in [0.717, 1.165) is 42.1 Å². The Kier molecular flexibility index (Phi) is 8.55. The number of rotatable bonds is 9. The average Bonchev–Trinajstić information content (AvgIpc) is 3.43. The van der Waals surface area contributed by atoms with Crippen LogP contribution in [0.25, 0.3) is 16.9 Å². The van der Waals surface area contributed by atoms with Gasteiger partial charge in [-0.1, -0.05) is 0 Å². The minimum absolute atomic E-state index is 0.0602. The van der Waals surface area contributed by atoms with E-state index in [1.54, 1.807) is 46.6 Å². The summed E-state index contributed by atoms with van der Waals surface area (Å²) in [5.74, 6) is 0.543. The van der Waals surface area contributed by atoms with Crippen LogP contribution in [-0.2, 0) is 0 Å². The molecule has 0 spiro atoms. The van der Waals surface area contributed by atoms with Gasteiger partial charge in [-0.2, -0.15) is 8.78 Å². The monoisotopic (exact) mass is 604 g/mol. The second-order valence-corrected chi connectivity index (χ2v) is 10.9. The number of aromatic nitrogens is 3. The number of anilines is 2. The number of fused-ring (bicyclic) bond motifs is 1. The summed E-state index contributed by atoms with van der Waals surface area (Å²) in [6.45, 7) is 4.68. The molecule has 3 amide bonds. The van der Waals surface area contributed by atoms with E-state index in [-0.39, 0.29) is 17.7 Å². The van der Waals surface area contributed by atoms with Crippen LogP contribution in [0.1, 0.15) is 22.3 Å². The number of urea groups is 1. The van der Waals surface area contributed by atoms with Crippen LogP contribution in [0.15, 0.2) is 61.1 Å². The predicted molar refractivity (Wildman–Crippen MR) is 161 cm³/mol. The first-order valence-electron chi connectivity index (χ1n) is 14.6. The Balaban J connectivity index is 1.08. The molecular formula is C31H34F2N8O3. The molecule has 13 heteroatoms. The van der Waals surface area contributed by atoms with Gasteiger partial charge < -0.3 is 30.1 Å². The van der Waals surface area contributed by atoms with E-state index < -0.39 is 6.61 Å². The topological polar surface area (TPSA) is 107 Å². The standard InChI is InChI=1S/C31H34F2N8O3/c1-21-19-23(5-8-25(21)29(42)39-15-17-40(18-16-39)31(43)35-9-13-38-11-2-12-38)37-27-28-36-20-26(41(28)14-10-34-27)22-3-6-24(7-4-22)44-30(32)33/h3-8,10,14,19-20,30H,2,9,11-13,15-18H2,1H3,(H,34,37)(H,35,43). The highest BCUT2D eigenvalue weighted by molar-refractivity contribution is 5.96. The summed E-state index contributed by atoms with van der Waals surface area (Å²) in [6.07, 6.45) is 6.34. The molecule has 0 unspecified atom stereocenters. The predicted octanol–water partition coefficient (Wildman–Crippen LogP) is 4.22. The van der Waals surface area contributed by atoms with Gasteiger partial charge in [0.2, 0.25) is 0 Å². The van der Waals surface area contributed by atoms with E-state index in [1.165, 1.54) is 18.6 Å². The second kappa shape index (κ2) is 12.8. The molecule has 230 valence electrons. The van der Waals surface area contributed by atoms with Gasteiger partial charge in [0.25, 0.3) is 5.91 Å². The number of nitrogens with zero attached hydrogens (tertiary/aromatic N) is 6. The van der Waals surface area contributed by atoms with Crippen molar-refractivity contribution in [3.8, 4) is 17.0 Å². The molecule has 0 saturated carbocycles. The largest absolute Gasteiger partial charge is 0.435 e. The average molecular weight is 605 g/mol. The summed E-state index contributed by atoms with van der Waals surface area (Å²) in [4.78, 5) is 40.7. The number of piperazine rings is 1. The van der Waals surface area contributed by atoms with Gasteiger partial charge in [0.15, 0.2) is 11.5 Å². The molecule has 6 rings (SSSR count). The SMILES string of the molecule is Cc1cc(Nc2nccn3c(-c4ccc(OC(F)F)cc4)cnc23)ccc1C(=O)N1CCN(C(=O)NCCN2CCC2)CC1. The zero-order valence-corrected chi connectivity index (χ0v) is 24.4. The molecular weight excluding hydrogens is 570 g/mol. The Morgan fingerprint density at radius 2 is 1.73 bits per heavy atom.